The fourth-order valence-corrected chi connectivity index (χ4v) is 4.61. The topological polar surface area (TPSA) is 86.8 Å². The van der Waals surface area contributed by atoms with Crippen LogP contribution >= 0.6 is 15.9 Å². The van der Waals surface area contributed by atoms with Crippen molar-refractivity contribution in [2.24, 2.45) is 0 Å². The lowest BCUT2D eigenvalue weighted by Crippen LogP contribution is -2.51. The Hall–Kier alpha value is -2.39. The summed E-state index contributed by atoms with van der Waals surface area (Å²) in [6, 6.07) is 12.0. The first-order chi connectivity index (χ1) is 15.9. The minimum Gasteiger partial charge on any atom is -0.354 e. The summed E-state index contributed by atoms with van der Waals surface area (Å²) in [5.41, 5.74) is 3.14. The zero-order chi connectivity index (χ0) is 25.5. The highest BCUT2D eigenvalue weighted by Gasteiger charge is 2.30. The average molecular weight is 553 g/mol. The van der Waals surface area contributed by atoms with Crippen molar-refractivity contribution in [3.05, 3.63) is 63.6 Å². The molecule has 1 N–H and O–H groups in total. The summed E-state index contributed by atoms with van der Waals surface area (Å²) in [6.45, 7) is 7.83. The van der Waals surface area contributed by atoms with Crippen molar-refractivity contribution in [2.75, 3.05) is 23.7 Å². The number of aryl methyl sites for hydroxylation is 2. The number of hydrogen-bond donors (Lipinski definition) is 1. The molecule has 1 atom stereocenters. The van der Waals surface area contributed by atoms with E-state index in [-0.39, 0.29) is 12.5 Å². The van der Waals surface area contributed by atoms with E-state index < -0.39 is 28.5 Å². The van der Waals surface area contributed by atoms with Gasteiger partial charge in [-0.1, -0.05) is 59.1 Å². The molecular weight excluding hydrogens is 518 g/mol. The molecule has 0 aromatic heterocycles. The predicted molar refractivity (Wildman–Crippen MR) is 140 cm³/mol. The number of unbranched alkanes of at least 4 members (excludes halogenated alkanes) is 1. The molecule has 0 aliphatic carbocycles. The van der Waals surface area contributed by atoms with Crippen molar-refractivity contribution in [3.63, 3.8) is 0 Å². The minimum absolute atomic E-state index is 0.194. The van der Waals surface area contributed by atoms with Gasteiger partial charge in [-0.3, -0.25) is 13.9 Å². The molecule has 2 rings (SSSR count). The molecule has 0 aliphatic rings. The molecule has 2 aromatic carbocycles. The Morgan fingerprint density at radius 3 is 2.41 bits per heavy atom. The number of benzene rings is 2. The highest BCUT2D eigenvalue weighted by Crippen LogP contribution is 2.25. The van der Waals surface area contributed by atoms with Gasteiger partial charge in [0.25, 0.3) is 0 Å². The monoisotopic (exact) mass is 551 g/mol. The lowest BCUT2D eigenvalue weighted by molar-refractivity contribution is -0.139. The zero-order valence-corrected chi connectivity index (χ0v) is 22.9. The van der Waals surface area contributed by atoms with Crippen LogP contribution in [0.1, 0.15) is 43.4 Å². The Morgan fingerprint density at radius 2 is 1.82 bits per heavy atom. The van der Waals surface area contributed by atoms with Crippen LogP contribution < -0.4 is 9.62 Å². The number of amides is 2. The smallest absolute Gasteiger partial charge is 0.244 e. The van der Waals surface area contributed by atoms with Gasteiger partial charge in [-0.25, -0.2) is 8.42 Å². The van der Waals surface area contributed by atoms with Gasteiger partial charge in [0.1, 0.15) is 12.6 Å². The largest absolute Gasteiger partial charge is 0.354 e. The highest BCUT2D eigenvalue weighted by atomic mass is 79.9. The number of carbonyl (C=O) groups excluding carboxylic acids is 2. The quantitative estimate of drug-likeness (QED) is 0.424. The molecule has 1 unspecified atom stereocenters. The minimum atomic E-state index is -3.75. The number of carbonyl (C=O) groups is 2. The van der Waals surface area contributed by atoms with Crippen LogP contribution in [0.5, 0.6) is 0 Å². The molecule has 9 heteroatoms. The van der Waals surface area contributed by atoms with E-state index in [0.29, 0.717) is 12.2 Å². The molecule has 0 aliphatic heterocycles. The fourth-order valence-electron chi connectivity index (χ4n) is 3.52. The summed E-state index contributed by atoms with van der Waals surface area (Å²) in [4.78, 5) is 27.8. The van der Waals surface area contributed by atoms with Crippen LogP contribution in [0.4, 0.5) is 5.69 Å². The molecule has 0 spiro atoms. The lowest BCUT2D eigenvalue weighted by atomic mass is 10.1. The van der Waals surface area contributed by atoms with Gasteiger partial charge in [-0.2, -0.15) is 0 Å². The molecule has 2 aromatic rings. The highest BCUT2D eigenvalue weighted by molar-refractivity contribution is 9.10. The number of hydrogen-bond acceptors (Lipinski definition) is 4. The molecule has 2 amide bonds. The maximum atomic E-state index is 13.5. The molecule has 0 saturated carbocycles. The van der Waals surface area contributed by atoms with Crippen molar-refractivity contribution in [1.82, 2.24) is 10.2 Å². The number of rotatable bonds is 11. The normalized spacial score (nSPS) is 12.2. The molecule has 186 valence electrons. The van der Waals surface area contributed by atoms with Gasteiger partial charge in [0.05, 0.1) is 11.9 Å². The third kappa shape index (κ3) is 7.84. The van der Waals surface area contributed by atoms with Gasteiger partial charge in [0.2, 0.25) is 21.8 Å². The first kappa shape index (κ1) is 27.9. The number of nitrogens with one attached hydrogen (secondary N) is 1. The van der Waals surface area contributed by atoms with E-state index in [1.165, 1.54) is 4.90 Å². The van der Waals surface area contributed by atoms with Crippen LogP contribution in [0.15, 0.2) is 46.9 Å². The van der Waals surface area contributed by atoms with E-state index in [2.05, 4.69) is 21.2 Å². The number of nitrogens with zero attached hydrogens (tertiary/aromatic N) is 2. The van der Waals surface area contributed by atoms with Crippen LogP contribution in [-0.4, -0.2) is 50.5 Å². The molecule has 7 nitrogen and oxygen atoms in total. The first-order valence-electron chi connectivity index (χ1n) is 11.3. The average Bonchev–Trinajstić information content (AvgIpc) is 2.76. The lowest BCUT2D eigenvalue weighted by Gasteiger charge is -2.31. The van der Waals surface area contributed by atoms with Gasteiger partial charge in [0.15, 0.2) is 0 Å². The zero-order valence-electron chi connectivity index (χ0n) is 20.5. The number of anilines is 1. The van der Waals surface area contributed by atoms with E-state index in [1.807, 2.05) is 45.0 Å². The van der Waals surface area contributed by atoms with Crippen LogP contribution in [0.25, 0.3) is 0 Å². The summed E-state index contributed by atoms with van der Waals surface area (Å²) >= 11 is 3.42. The molecule has 0 fully saturated rings. The molecule has 0 radical (unpaired) electrons. The Morgan fingerprint density at radius 1 is 1.12 bits per heavy atom. The molecule has 0 bridgehead atoms. The second kappa shape index (κ2) is 12.4. The van der Waals surface area contributed by atoms with E-state index in [4.69, 9.17) is 0 Å². The summed E-state index contributed by atoms with van der Waals surface area (Å²) in [7, 11) is -3.75. The summed E-state index contributed by atoms with van der Waals surface area (Å²) in [6.07, 6.45) is 2.86. The maximum absolute atomic E-state index is 13.5. The number of halogens is 1. The standard InChI is InChI=1S/C25H34BrN3O4S/c1-6-7-13-27-25(31)20(4)28(16-21-10-8-9-18(2)14-21)24(30)17-29(34(5,32)33)22-11-12-23(26)19(3)15-22/h8-12,14-15,20H,6-7,13,16-17H2,1-5H3,(H,27,31). The van der Waals surface area contributed by atoms with Crippen molar-refractivity contribution in [2.45, 2.75) is 53.1 Å². The Balaban J connectivity index is 2.37. The van der Waals surface area contributed by atoms with Crippen molar-refractivity contribution in [3.8, 4) is 0 Å². The summed E-state index contributed by atoms with van der Waals surface area (Å²) in [5, 5.41) is 2.87. The Kier molecular flexibility index (Phi) is 10.1. The van der Waals surface area contributed by atoms with E-state index in [0.717, 1.165) is 44.6 Å². The van der Waals surface area contributed by atoms with Gasteiger partial charge in [-0.15, -0.1) is 0 Å². The molecule has 34 heavy (non-hydrogen) atoms. The van der Waals surface area contributed by atoms with Crippen LogP contribution in [0.3, 0.4) is 0 Å². The van der Waals surface area contributed by atoms with E-state index >= 15 is 0 Å². The third-order valence-electron chi connectivity index (χ3n) is 5.54. The van der Waals surface area contributed by atoms with Crippen LogP contribution in [-0.2, 0) is 26.2 Å². The molecule has 0 heterocycles. The molecule has 0 saturated heterocycles. The van der Waals surface area contributed by atoms with E-state index in [1.54, 1.807) is 25.1 Å². The van der Waals surface area contributed by atoms with Crippen LogP contribution in [0, 0.1) is 13.8 Å². The van der Waals surface area contributed by atoms with Crippen LogP contribution in [0.2, 0.25) is 0 Å². The van der Waals surface area contributed by atoms with Crippen molar-refractivity contribution in [1.29, 1.82) is 0 Å². The number of sulfonamides is 1. The third-order valence-corrected chi connectivity index (χ3v) is 7.57. The second-order valence-corrected chi connectivity index (χ2v) is 11.3. The Labute approximate surface area is 211 Å². The maximum Gasteiger partial charge on any atom is 0.244 e. The van der Waals surface area contributed by atoms with Crippen molar-refractivity contribution < 1.29 is 18.0 Å². The van der Waals surface area contributed by atoms with Gasteiger partial charge >= 0.3 is 0 Å². The Bertz CT molecular complexity index is 1120. The predicted octanol–water partition coefficient (Wildman–Crippen LogP) is 4.17. The van der Waals surface area contributed by atoms with Gasteiger partial charge in [0, 0.05) is 17.6 Å². The fraction of sp³-hybridized carbons (Fsp3) is 0.440. The summed E-state index contributed by atoms with van der Waals surface area (Å²) in [5.74, 6) is -0.717. The van der Waals surface area contributed by atoms with E-state index in [9.17, 15) is 18.0 Å². The van der Waals surface area contributed by atoms with Crippen molar-refractivity contribution >= 4 is 43.5 Å². The summed E-state index contributed by atoms with van der Waals surface area (Å²) < 4.78 is 27.2. The second-order valence-electron chi connectivity index (χ2n) is 8.53. The van der Waals surface area contributed by atoms with Gasteiger partial charge < -0.3 is 10.2 Å². The SMILES string of the molecule is CCCCNC(=O)C(C)N(Cc1cccc(C)c1)C(=O)CN(c1ccc(Br)c(C)c1)S(C)(=O)=O. The first-order valence-corrected chi connectivity index (χ1v) is 13.9. The molecular formula is C25H34BrN3O4S. The van der Waals surface area contributed by atoms with Gasteiger partial charge in [-0.05, 0) is 56.5 Å².